The van der Waals surface area contributed by atoms with Crippen molar-refractivity contribution >= 4 is 17.9 Å². The number of nitrogens with one attached hydrogen (secondary N) is 3. The van der Waals surface area contributed by atoms with Crippen molar-refractivity contribution in [2.75, 3.05) is 13.6 Å². The minimum Gasteiger partial charge on any atom is -0.445 e. The summed E-state index contributed by atoms with van der Waals surface area (Å²) in [4.78, 5) is 34.6. The Balaban J connectivity index is 2.39. The molecule has 0 aliphatic rings. The van der Waals surface area contributed by atoms with Gasteiger partial charge in [-0.2, -0.15) is 0 Å². The van der Waals surface area contributed by atoms with Crippen LogP contribution in [0.4, 0.5) is 4.79 Å². The highest BCUT2D eigenvalue weighted by atomic mass is 16.5. The molecule has 7 nitrogen and oxygen atoms in total. The molecule has 1 atom stereocenters. The molecule has 0 fully saturated rings. The molecule has 0 heterocycles. The summed E-state index contributed by atoms with van der Waals surface area (Å²) in [7, 11) is 1.48. The summed E-state index contributed by atoms with van der Waals surface area (Å²) in [6.45, 7) is 1.75. The van der Waals surface area contributed by atoms with E-state index in [2.05, 4.69) is 16.0 Å². The first kappa shape index (κ1) is 17.5. The quantitative estimate of drug-likeness (QED) is 0.685. The van der Waals surface area contributed by atoms with Gasteiger partial charge in [0.25, 0.3) is 0 Å². The lowest BCUT2D eigenvalue weighted by Gasteiger charge is -2.16. The molecule has 7 heteroatoms. The zero-order chi connectivity index (χ0) is 16.4. The summed E-state index contributed by atoms with van der Waals surface area (Å²) in [5.41, 5.74) is 0.856. The molecule has 3 amide bonds. The minimum atomic E-state index is -0.743. The second-order valence-corrected chi connectivity index (χ2v) is 4.56. The standard InChI is InChI=1S/C15H21N3O4/c1-3-12(14(20)17-9-13(19)16-2)18-15(21)22-10-11-7-5-4-6-8-11/h4-8,12H,3,9-10H2,1-2H3,(H,16,19)(H,17,20)(H,18,21). The molecule has 0 saturated heterocycles. The fourth-order valence-electron chi connectivity index (χ4n) is 1.64. The van der Waals surface area contributed by atoms with E-state index in [1.54, 1.807) is 6.92 Å². The Morgan fingerprint density at radius 2 is 1.86 bits per heavy atom. The van der Waals surface area contributed by atoms with Crippen molar-refractivity contribution in [1.29, 1.82) is 0 Å². The van der Waals surface area contributed by atoms with Crippen LogP contribution < -0.4 is 16.0 Å². The molecule has 1 aromatic rings. The van der Waals surface area contributed by atoms with Crippen LogP contribution in [0.3, 0.4) is 0 Å². The fourth-order valence-corrected chi connectivity index (χ4v) is 1.64. The monoisotopic (exact) mass is 307 g/mol. The van der Waals surface area contributed by atoms with Gasteiger partial charge in [0.15, 0.2) is 0 Å². The van der Waals surface area contributed by atoms with Crippen LogP contribution in [0.5, 0.6) is 0 Å². The van der Waals surface area contributed by atoms with Crippen LogP contribution in [-0.2, 0) is 20.9 Å². The number of amides is 3. The van der Waals surface area contributed by atoms with Gasteiger partial charge in [0.05, 0.1) is 6.54 Å². The second-order valence-electron chi connectivity index (χ2n) is 4.56. The van der Waals surface area contributed by atoms with Crippen molar-refractivity contribution in [3.8, 4) is 0 Å². The van der Waals surface area contributed by atoms with Crippen molar-refractivity contribution in [3.63, 3.8) is 0 Å². The summed E-state index contributed by atoms with van der Waals surface area (Å²) in [6.07, 6.45) is -0.286. The normalized spacial score (nSPS) is 11.2. The highest BCUT2D eigenvalue weighted by Gasteiger charge is 2.19. The molecule has 0 aromatic heterocycles. The average molecular weight is 307 g/mol. The predicted octanol–water partition coefficient (Wildman–Crippen LogP) is 0.554. The number of hydrogen-bond acceptors (Lipinski definition) is 4. The number of carbonyl (C=O) groups is 3. The van der Waals surface area contributed by atoms with Crippen LogP contribution in [0.1, 0.15) is 18.9 Å². The predicted molar refractivity (Wildman–Crippen MR) is 80.9 cm³/mol. The zero-order valence-corrected chi connectivity index (χ0v) is 12.7. The number of carbonyl (C=O) groups excluding carboxylic acids is 3. The molecule has 3 N–H and O–H groups in total. The highest BCUT2D eigenvalue weighted by Crippen LogP contribution is 2.01. The smallest absolute Gasteiger partial charge is 0.408 e. The summed E-state index contributed by atoms with van der Waals surface area (Å²) in [5.74, 6) is -0.738. The van der Waals surface area contributed by atoms with E-state index in [0.29, 0.717) is 6.42 Å². The third-order valence-corrected chi connectivity index (χ3v) is 2.93. The zero-order valence-electron chi connectivity index (χ0n) is 12.7. The minimum absolute atomic E-state index is 0.128. The molecule has 1 unspecified atom stereocenters. The van der Waals surface area contributed by atoms with Crippen LogP contribution in [0.25, 0.3) is 0 Å². The van der Waals surface area contributed by atoms with E-state index < -0.39 is 18.0 Å². The van der Waals surface area contributed by atoms with E-state index >= 15 is 0 Å². The van der Waals surface area contributed by atoms with Crippen molar-refractivity contribution in [2.24, 2.45) is 0 Å². The molecule has 1 aromatic carbocycles. The molecule has 0 bridgehead atoms. The summed E-state index contributed by atoms with van der Waals surface area (Å²) in [6, 6.07) is 8.48. The summed E-state index contributed by atoms with van der Waals surface area (Å²) >= 11 is 0. The Morgan fingerprint density at radius 1 is 1.18 bits per heavy atom. The van der Waals surface area contributed by atoms with Gasteiger partial charge in [0.2, 0.25) is 11.8 Å². The van der Waals surface area contributed by atoms with Gasteiger partial charge in [-0.05, 0) is 12.0 Å². The maximum absolute atomic E-state index is 11.8. The summed E-state index contributed by atoms with van der Waals surface area (Å²) in [5, 5.41) is 7.31. The molecule has 120 valence electrons. The van der Waals surface area contributed by atoms with Gasteiger partial charge < -0.3 is 20.7 Å². The van der Waals surface area contributed by atoms with Crippen LogP contribution in [-0.4, -0.2) is 37.5 Å². The number of hydrogen-bond donors (Lipinski definition) is 3. The third-order valence-electron chi connectivity index (χ3n) is 2.93. The molecular weight excluding hydrogens is 286 g/mol. The van der Waals surface area contributed by atoms with E-state index in [-0.39, 0.29) is 19.1 Å². The Labute approximate surface area is 129 Å². The Hall–Kier alpha value is -2.57. The summed E-state index contributed by atoms with van der Waals surface area (Å²) < 4.78 is 5.05. The lowest BCUT2D eigenvalue weighted by molar-refractivity contribution is -0.127. The van der Waals surface area contributed by atoms with Gasteiger partial charge in [0.1, 0.15) is 12.6 Å². The molecule has 22 heavy (non-hydrogen) atoms. The molecule has 0 aliphatic carbocycles. The van der Waals surface area contributed by atoms with Crippen molar-refractivity contribution in [3.05, 3.63) is 35.9 Å². The number of benzene rings is 1. The van der Waals surface area contributed by atoms with E-state index in [4.69, 9.17) is 4.74 Å². The molecule has 0 radical (unpaired) electrons. The van der Waals surface area contributed by atoms with Crippen LogP contribution in [0.15, 0.2) is 30.3 Å². The SMILES string of the molecule is CCC(NC(=O)OCc1ccccc1)C(=O)NCC(=O)NC. The van der Waals surface area contributed by atoms with Crippen molar-refractivity contribution < 1.29 is 19.1 Å². The van der Waals surface area contributed by atoms with Gasteiger partial charge in [-0.15, -0.1) is 0 Å². The Kier molecular flexibility index (Phi) is 7.45. The van der Waals surface area contributed by atoms with Gasteiger partial charge in [-0.3, -0.25) is 9.59 Å². The van der Waals surface area contributed by atoms with Gasteiger partial charge in [0, 0.05) is 7.05 Å². The molecule has 0 spiro atoms. The van der Waals surface area contributed by atoms with Crippen LogP contribution >= 0.6 is 0 Å². The molecular formula is C15H21N3O4. The van der Waals surface area contributed by atoms with Gasteiger partial charge >= 0.3 is 6.09 Å². The lowest BCUT2D eigenvalue weighted by atomic mass is 10.2. The van der Waals surface area contributed by atoms with Crippen molar-refractivity contribution in [2.45, 2.75) is 26.0 Å². The first-order valence-electron chi connectivity index (χ1n) is 7.02. The molecule has 0 saturated carbocycles. The number of ether oxygens (including phenoxy) is 1. The molecule has 1 rings (SSSR count). The third kappa shape index (κ3) is 6.25. The number of rotatable bonds is 7. The second kappa shape index (κ2) is 9.38. The Morgan fingerprint density at radius 3 is 2.45 bits per heavy atom. The maximum atomic E-state index is 11.8. The molecule has 0 aliphatic heterocycles. The van der Waals surface area contributed by atoms with E-state index in [0.717, 1.165) is 5.56 Å². The maximum Gasteiger partial charge on any atom is 0.408 e. The van der Waals surface area contributed by atoms with Crippen molar-refractivity contribution in [1.82, 2.24) is 16.0 Å². The largest absolute Gasteiger partial charge is 0.445 e. The average Bonchev–Trinajstić information content (AvgIpc) is 2.56. The van der Waals surface area contributed by atoms with Gasteiger partial charge in [-0.1, -0.05) is 37.3 Å². The first-order valence-corrected chi connectivity index (χ1v) is 7.02. The van der Waals surface area contributed by atoms with Gasteiger partial charge in [-0.25, -0.2) is 4.79 Å². The Bertz CT molecular complexity index is 505. The number of likely N-dealkylation sites (N-methyl/N-ethyl adjacent to an activating group) is 1. The van der Waals surface area contributed by atoms with E-state index in [9.17, 15) is 14.4 Å². The lowest BCUT2D eigenvalue weighted by Crippen LogP contribution is -2.48. The van der Waals surface area contributed by atoms with Crippen LogP contribution in [0, 0.1) is 0 Å². The topological polar surface area (TPSA) is 96.5 Å². The van der Waals surface area contributed by atoms with Crippen LogP contribution in [0.2, 0.25) is 0 Å². The van der Waals surface area contributed by atoms with E-state index in [1.807, 2.05) is 30.3 Å². The fraction of sp³-hybridized carbons (Fsp3) is 0.400. The first-order chi connectivity index (χ1) is 10.6. The number of alkyl carbamates (subject to hydrolysis) is 1. The van der Waals surface area contributed by atoms with E-state index in [1.165, 1.54) is 7.05 Å². The highest BCUT2D eigenvalue weighted by molar-refractivity contribution is 5.89.